The van der Waals surface area contributed by atoms with Gasteiger partial charge < -0.3 is 19.3 Å². The molecule has 0 saturated carbocycles. The van der Waals surface area contributed by atoms with Crippen LogP contribution in [0, 0.1) is 11.3 Å². The fourth-order valence-electron chi connectivity index (χ4n) is 3.35. The summed E-state index contributed by atoms with van der Waals surface area (Å²) in [5.41, 5.74) is 3.15. The van der Waals surface area contributed by atoms with E-state index in [4.69, 9.17) is 4.74 Å². The highest BCUT2D eigenvalue weighted by Gasteiger charge is 2.14. The van der Waals surface area contributed by atoms with Crippen LogP contribution in [-0.2, 0) is 13.5 Å². The largest absolute Gasteiger partial charge is 0.456 e. The molecule has 1 unspecified atom stereocenters. The summed E-state index contributed by atoms with van der Waals surface area (Å²) in [6.45, 7) is 6.04. The van der Waals surface area contributed by atoms with Crippen LogP contribution in [0.2, 0.25) is 0 Å². The molecule has 0 saturated heterocycles. The van der Waals surface area contributed by atoms with Crippen molar-refractivity contribution in [1.29, 1.82) is 5.26 Å². The van der Waals surface area contributed by atoms with Gasteiger partial charge in [0.25, 0.3) is 0 Å². The lowest BCUT2D eigenvalue weighted by molar-refractivity contribution is 0.170. The highest BCUT2D eigenvalue weighted by Crippen LogP contribution is 2.30. The number of anilines is 1. The second kappa shape index (κ2) is 9.26. The lowest BCUT2D eigenvalue weighted by Crippen LogP contribution is -2.21. The van der Waals surface area contributed by atoms with Gasteiger partial charge in [0, 0.05) is 38.3 Å². The van der Waals surface area contributed by atoms with E-state index in [9.17, 15) is 10.4 Å². The molecule has 150 valence electrons. The maximum absolute atomic E-state index is 10.5. The number of ether oxygens (including phenoxy) is 1. The first-order valence-corrected chi connectivity index (χ1v) is 9.75. The minimum atomic E-state index is -0.686. The monoisotopic (exact) mass is 390 g/mol. The van der Waals surface area contributed by atoms with Gasteiger partial charge in [-0.15, -0.1) is 0 Å². The van der Waals surface area contributed by atoms with Crippen LogP contribution in [0.5, 0.6) is 11.5 Å². The molecule has 1 atom stereocenters. The Morgan fingerprint density at radius 2 is 2.00 bits per heavy atom. The second-order valence-corrected chi connectivity index (χ2v) is 6.86. The molecule has 0 amide bonds. The predicted molar refractivity (Wildman–Crippen MR) is 113 cm³/mol. The average molecular weight is 390 g/mol. The zero-order valence-electron chi connectivity index (χ0n) is 17.0. The predicted octanol–water partition coefficient (Wildman–Crippen LogP) is 4.21. The highest BCUT2D eigenvalue weighted by molar-refractivity contribution is 5.53. The van der Waals surface area contributed by atoms with Gasteiger partial charge in [0.05, 0.1) is 29.9 Å². The molecular weight excluding hydrogens is 364 g/mol. The Balaban J connectivity index is 1.84. The van der Waals surface area contributed by atoms with Crippen molar-refractivity contribution in [3.05, 3.63) is 71.8 Å². The summed E-state index contributed by atoms with van der Waals surface area (Å²) in [7, 11) is 1.85. The first-order valence-electron chi connectivity index (χ1n) is 9.75. The summed E-state index contributed by atoms with van der Waals surface area (Å²) in [6.07, 6.45) is 3.04. The van der Waals surface area contributed by atoms with Gasteiger partial charge in [-0.25, -0.2) is 4.98 Å². The smallest absolute Gasteiger partial charge is 0.145 e. The van der Waals surface area contributed by atoms with Crippen molar-refractivity contribution in [2.24, 2.45) is 7.05 Å². The fraction of sp³-hybridized carbons (Fsp3) is 0.304. The highest BCUT2D eigenvalue weighted by atomic mass is 16.5. The number of aromatic nitrogens is 2. The van der Waals surface area contributed by atoms with Crippen molar-refractivity contribution >= 4 is 5.69 Å². The van der Waals surface area contributed by atoms with Crippen molar-refractivity contribution in [2.75, 3.05) is 18.0 Å². The summed E-state index contributed by atoms with van der Waals surface area (Å²) in [5.74, 6) is 1.16. The van der Waals surface area contributed by atoms with Gasteiger partial charge in [-0.2, -0.15) is 5.26 Å². The molecule has 0 radical (unpaired) electrons. The van der Waals surface area contributed by atoms with Gasteiger partial charge in [-0.05, 0) is 43.7 Å². The molecule has 1 N–H and O–H groups in total. The van der Waals surface area contributed by atoms with E-state index in [1.54, 1.807) is 23.2 Å². The molecule has 0 spiro atoms. The van der Waals surface area contributed by atoms with Crippen molar-refractivity contribution in [3.8, 4) is 17.6 Å². The van der Waals surface area contributed by atoms with E-state index in [-0.39, 0.29) is 0 Å². The summed E-state index contributed by atoms with van der Waals surface area (Å²) in [4.78, 5) is 6.29. The number of hydrogen-bond acceptors (Lipinski definition) is 5. The molecule has 3 aromatic rings. The van der Waals surface area contributed by atoms with Gasteiger partial charge in [0.1, 0.15) is 17.6 Å². The van der Waals surface area contributed by atoms with E-state index in [1.807, 2.05) is 43.4 Å². The molecule has 0 aliphatic rings. The molecule has 0 aliphatic carbocycles. The van der Waals surface area contributed by atoms with Crippen LogP contribution in [0.1, 0.15) is 36.8 Å². The van der Waals surface area contributed by atoms with Crippen molar-refractivity contribution in [3.63, 3.8) is 0 Å². The quantitative estimate of drug-likeness (QED) is 0.624. The maximum atomic E-state index is 10.5. The lowest BCUT2D eigenvalue weighted by atomic mass is 10.0. The van der Waals surface area contributed by atoms with Crippen molar-refractivity contribution < 1.29 is 9.84 Å². The van der Waals surface area contributed by atoms with Gasteiger partial charge in [0.15, 0.2) is 0 Å². The number of benzene rings is 2. The van der Waals surface area contributed by atoms with Crippen LogP contribution in [-0.4, -0.2) is 27.7 Å². The summed E-state index contributed by atoms with van der Waals surface area (Å²) >= 11 is 0. The Morgan fingerprint density at radius 3 is 2.66 bits per heavy atom. The first kappa shape index (κ1) is 20.4. The molecule has 0 bridgehead atoms. The van der Waals surface area contributed by atoms with E-state index in [0.29, 0.717) is 23.5 Å². The number of aryl methyl sites for hydroxylation is 1. The van der Waals surface area contributed by atoms with Crippen LogP contribution in [0.3, 0.4) is 0 Å². The van der Waals surface area contributed by atoms with E-state index in [0.717, 1.165) is 30.0 Å². The Bertz CT molecular complexity index is 1000. The molecule has 3 rings (SSSR count). The minimum Gasteiger partial charge on any atom is -0.456 e. The lowest BCUT2D eigenvalue weighted by Gasteiger charge is -2.21. The van der Waals surface area contributed by atoms with E-state index in [2.05, 4.69) is 29.8 Å². The second-order valence-electron chi connectivity index (χ2n) is 6.86. The number of imidazole rings is 1. The number of aliphatic hydroxyl groups excluding tert-OH is 1. The third-order valence-electron chi connectivity index (χ3n) is 4.96. The van der Waals surface area contributed by atoms with Crippen LogP contribution in [0.15, 0.2) is 55.0 Å². The van der Waals surface area contributed by atoms with Crippen LogP contribution < -0.4 is 9.64 Å². The van der Waals surface area contributed by atoms with Crippen LogP contribution >= 0.6 is 0 Å². The topological polar surface area (TPSA) is 74.3 Å². The molecule has 6 nitrogen and oxygen atoms in total. The third-order valence-corrected chi connectivity index (χ3v) is 4.96. The summed E-state index contributed by atoms with van der Waals surface area (Å²) in [6, 6.07) is 15.4. The van der Waals surface area contributed by atoms with E-state index in [1.165, 1.54) is 0 Å². The Morgan fingerprint density at radius 1 is 1.21 bits per heavy atom. The molecule has 6 heteroatoms. The first-order chi connectivity index (χ1) is 14.0. The molecule has 0 aliphatic heterocycles. The number of rotatable bonds is 8. The number of nitriles is 1. The summed E-state index contributed by atoms with van der Waals surface area (Å²) < 4.78 is 7.86. The number of aliphatic hydroxyl groups is 1. The SMILES string of the molecule is CCN(CC)c1cccc(Oc2cc(CC(O)c3cncn3C)ccc2C#N)c1. The molecule has 2 aromatic carbocycles. The average Bonchev–Trinajstić information content (AvgIpc) is 3.16. The van der Waals surface area contributed by atoms with Crippen molar-refractivity contribution in [2.45, 2.75) is 26.4 Å². The van der Waals surface area contributed by atoms with Gasteiger partial charge >= 0.3 is 0 Å². The molecule has 1 heterocycles. The van der Waals surface area contributed by atoms with Crippen molar-refractivity contribution in [1.82, 2.24) is 9.55 Å². The standard InChI is InChI=1S/C23H26N4O2/c1-4-27(5-2)19-7-6-8-20(13-19)29-23-12-17(9-10-18(23)14-24)11-22(28)21-15-25-16-26(21)3/h6-10,12-13,15-16,22,28H,4-5,11H2,1-3H3. The minimum absolute atomic E-state index is 0.404. The van der Waals surface area contributed by atoms with Crippen LogP contribution in [0.4, 0.5) is 5.69 Å². The maximum Gasteiger partial charge on any atom is 0.145 e. The zero-order chi connectivity index (χ0) is 20.8. The Hall–Kier alpha value is -3.30. The third kappa shape index (κ3) is 4.76. The molecular formula is C23H26N4O2. The van der Waals surface area contributed by atoms with Gasteiger partial charge in [0.2, 0.25) is 0 Å². The normalized spacial score (nSPS) is 11.7. The van der Waals surface area contributed by atoms with E-state index < -0.39 is 6.10 Å². The van der Waals surface area contributed by atoms with E-state index >= 15 is 0 Å². The number of nitrogens with zero attached hydrogens (tertiary/aromatic N) is 4. The fourth-order valence-corrected chi connectivity index (χ4v) is 3.35. The van der Waals surface area contributed by atoms with Gasteiger partial charge in [-0.3, -0.25) is 0 Å². The Kier molecular flexibility index (Phi) is 6.53. The molecule has 1 aromatic heterocycles. The molecule has 0 fully saturated rings. The zero-order valence-corrected chi connectivity index (χ0v) is 17.0. The van der Waals surface area contributed by atoms with Gasteiger partial charge in [-0.1, -0.05) is 12.1 Å². The van der Waals surface area contributed by atoms with Crippen LogP contribution in [0.25, 0.3) is 0 Å². The molecule has 29 heavy (non-hydrogen) atoms. The number of hydrogen-bond donors (Lipinski definition) is 1. The summed E-state index contributed by atoms with van der Waals surface area (Å²) in [5, 5.41) is 20.0. The Labute approximate surface area is 171 Å².